The van der Waals surface area contributed by atoms with E-state index in [9.17, 15) is 9.59 Å². The van der Waals surface area contributed by atoms with Gasteiger partial charge in [-0.1, -0.05) is 26.2 Å². The van der Waals surface area contributed by atoms with Crippen LogP contribution in [0.5, 0.6) is 0 Å². The van der Waals surface area contributed by atoms with Gasteiger partial charge >= 0.3 is 0 Å². The van der Waals surface area contributed by atoms with Gasteiger partial charge in [0.15, 0.2) is 5.78 Å². The molecule has 0 fully saturated rings. The highest BCUT2D eigenvalue weighted by Crippen LogP contribution is 2.26. The van der Waals surface area contributed by atoms with Crippen LogP contribution in [0.4, 0.5) is 0 Å². The molecule has 4 heteroatoms. The summed E-state index contributed by atoms with van der Waals surface area (Å²) in [6, 6.07) is 0. The second-order valence-electron chi connectivity index (χ2n) is 5.57. The zero-order valence-corrected chi connectivity index (χ0v) is 12.5. The van der Waals surface area contributed by atoms with Gasteiger partial charge < -0.3 is 10.3 Å². The maximum atomic E-state index is 12.2. The molecule has 0 aromatic carbocycles. The summed E-state index contributed by atoms with van der Waals surface area (Å²) < 4.78 is 0. The number of Topliss-reactive ketones (excluding diaryl/α,β-unsaturated/α-hetero) is 1. The van der Waals surface area contributed by atoms with Gasteiger partial charge in [0, 0.05) is 24.2 Å². The highest BCUT2D eigenvalue weighted by Gasteiger charge is 2.25. The predicted octanol–water partition coefficient (Wildman–Crippen LogP) is 3.15. The molecule has 2 N–H and O–H groups in total. The predicted molar refractivity (Wildman–Crippen MR) is 79.3 cm³/mol. The van der Waals surface area contributed by atoms with E-state index in [2.05, 4.69) is 17.2 Å². The lowest BCUT2D eigenvalue weighted by Gasteiger charge is -2.09. The number of aromatic nitrogens is 1. The number of nitrogens with one attached hydrogen (secondary N) is 2. The van der Waals surface area contributed by atoms with E-state index in [4.69, 9.17) is 0 Å². The van der Waals surface area contributed by atoms with Crippen LogP contribution < -0.4 is 5.32 Å². The van der Waals surface area contributed by atoms with E-state index < -0.39 is 0 Å². The van der Waals surface area contributed by atoms with E-state index in [0.29, 0.717) is 18.7 Å². The van der Waals surface area contributed by atoms with Crippen molar-refractivity contribution in [3.63, 3.8) is 0 Å². The Hall–Kier alpha value is -1.58. The fourth-order valence-corrected chi connectivity index (χ4v) is 2.84. The number of H-pyrrole nitrogens is 1. The standard InChI is InChI=1S/C16H24N2O2/c1-3-4-5-6-10-17-16(20)15-11(2)14-12(18-15)8-7-9-13(14)19/h18H,3-10H2,1-2H3,(H,17,20). The van der Waals surface area contributed by atoms with Crippen LogP contribution in [0.1, 0.15) is 77.6 Å². The molecule has 0 aliphatic heterocycles. The van der Waals surface area contributed by atoms with Gasteiger partial charge in [-0.05, 0) is 31.7 Å². The number of aromatic amines is 1. The topological polar surface area (TPSA) is 62.0 Å². The second kappa shape index (κ2) is 6.73. The molecule has 4 nitrogen and oxygen atoms in total. The van der Waals surface area contributed by atoms with Gasteiger partial charge in [0.25, 0.3) is 5.91 Å². The van der Waals surface area contributed by atoms with Gasteiger partial charge in [-0.3, -0.25) is 9.59 Å². The molecule has 2 rings (SSSR count). The molecule has 0 unspecified atom stereocenters. The van der Waals surface area contributed by atoms with Crippen molar-refractivity contribution in [3.8, 4) is 0 Å². The molecule has 1 heterocycles. The highest BCUT2D eigenvalue weighted by molar-refractivity contribution is 6.04. The molecular weight excluding hydrogens is 252 g/mol. The van der Waals surface area contributed by atoms with E-state index in [1.54, 1.807) is 0 Å². The SMILES string of the molecule is CCCCCCNC(=O)c1[nH]c2c(c1C)C(=O)CCC2. The molecule has 20 heavy (non-hydrogen) atoms. The van der Waals surface area contributed by atoms with Gasteiger partial charge in [-0.15, -0.1) is 0 Å². The van der Waals surface area contributed by atoms with Gasteiger partial charge in [0.1, 0.15) is 5.69 Å². The van der Waals surface area contributed by atoms with Crippen molar-refractivity contribution in [1.82, 2.24) is 10.3 Å². The lowest BCUT2D eigenvalue weighted by molar-refractivity contribution is 0.0946. The molecule has 0 saturated heterocycles. The summed E-state index contributed by atoms with van der Waals surface area (Å²) in [5, 5.41) is 2.94. The number of fused-ring (bicyclic) bond motifs is 1. The average Bonchev–Trinajstić information content (AvgIpc) is 2.77. The van der Waals surface area contributed by atoms with Crippen LogP contribution in [0.15, 0.2) is 0 Å². The van der Waals surface area contributed by atoms with Crippen molar-refractivity contribution in [2.24, 2.45) is 0 Å². The molecule has 0 atom stereocenters. The summed E-state index contributed by atoms with van der Waals surface area (Å²) in [6.07, 6.45) is 6.91. The number of hydrogen-bond acceptors (Lipinski definition) is 2. The normalized spacial score (nSPS) is 14.2. The lowest BCUT2D eigenvalue weighted by atomic mass is 9.94. The minimum atomic E-state index is -0.0822. The number of carbonyl (C=O) groups is 2. The zero-order valence-electron chi connectivity index (χ0n) is 12.5. The second-order valence-corrected chi connectivity index (χ2v) is 5.57. The third-order valence-corrected chi connectivity index (χ3v) is 3.98. The van der Waals surface area contributed by atoms with E-state index in [1.807, 2.05) is 6.92 Å². The van der Waals surface area contributed by atoms with E-state index >= 15 is 0 Å². The van der Waals surface area contributed by atoms with Gasteiger partial charge in [0.05, 0.1) is 0 Å². The van der Waals surface area contributed by atoms with Crippen LogP contribution in [0.2, 0.25) is 0 Å². The van der Waals surface area contributed by atoms with Crippen molar-refractivity contribution in [2.45, 2.75) is 58.8 Å². The Morgan fingerprint density at radius 3 is 2.75 bits per heavy atom. The molecule has 0 spiro atoms. The average molecular weight is 276 g/mol. The molecule has 0 radical (unpaired) electrons. The molecule has 1 amide bonds. The molecule has 110 valence electrons. The molecule has 0 bridgehead atoms. The van der Waals surface area contributed by atoms with Crippen LogP contribution in [-0.4, -0.2) is 23.2 Å². The van der Waals surface area contributed by atoms with Crippen molar-refractivity contribution in [2.75, 3.05) is 6.54 Å². The smallest absolute Gasteiger partial charge is 0.268 e. The summed E-state index contributed by atoms with van der Waals surface area (Å²) in [5.41, 5.74) is 3.08. The van der Waals surface area contributed by atoms with Crippen LogP contribution in [0, 0.1) is 6.92 Å². The maximum Gasteiger partial charge on any atom is 0.268 e. The molecule has 0 saturated carbocycles. The number of unbranched alkanes of at least 4 members (excludes halogenated alkanes) is 3. The Morgan fingerprint density at radius 1 is 1.25 bits per heavy atom. The number of aryl methyl sites for hydroxylation is 1. The first-order chi connectivity index (χ1) is 9.65. The Kier molecular flexibility index (Phi) is 4.99. The zero-order chi connectivity index (χ0) is 14.5. The van der Waals surface area contributed by atoms with Crippen LogP contribution in [-0.2, 0) is 6.42 Å². The molecule has 1 aromatic heterocycles. The third-order valence-electron chi connectivity index (χ3n) is 3.98. The molecule has 1 aliphatic rings. The number of amides is 1. The largest absolute Gasteiger partial charge is 0.354 e. The van der Waals surface area contributed by atoms with E-state index in [1.165, 1.54) is 12.8 Å². The summed E-state index contributed by atoms with van der Waals surface area (Å²) in [7, 11) is 0. The first-order valence-corrected chi connectivity index (χ1v) is 7.68. The lowest BCUT2D eigenvalue weighted by Crippen LogP contribution is -2.25. The van der Waals surface area contributed by atoms with Crippen molar-refractivity contribution in [1.29, 1.82) is 0 Å². The quantitative estimate of drug-likeness (QED) is 0.784. The Balaban J connectivity index is 1.99. The number of carbonyl (C=O) groups excluding carboxylic acids is 2. The summed E-state index contributed by atoms with van der Waals surface area (Å²) in [4.78, 5) is 27.2. The van der Waals surface area contributed by atoms with E-state index in [0.717, 1.165) is 42.5 Å². The Bertz CT molecular complexity index is 503. The molecule has 1 aliphatic carbocycles. The number of hydrogen-bond donors (Lipinski definition) is 2. The van der Waals surface area contributed by atoms with Gasteiger partial charge in [0.2, 0.25) is 0 Å². The Morgan fingerprint density at radius 2 is 2.05 bits per heavy atom. The third kappa shape index (κ3) is 3.11. The summed E-state index contributed by atoms with van der Waals surface area (Å²) in [6.45, 7) is 4.74. The monoisotopic (exact) mass is 276 g/mol. The first-order valence-electron chi connectivity index (χ1n) is 7.68. The number of ketones is 1. The molecular formula is C16H24N2O2. The fourth-order valence-electron chi connectivity index (χ4n) is 2.84. The summed E-state index contributed by atoms with van der Waals surface area (Å²) >= 11 is 0. The van der Waals surface area contributed by atoms with Crippen molar-refractivity contribution >= 4 is 11.7 Å². The maximum absolute atomic E-state index is 12.2. The van der Waals surface area contributed by atoms with Gasteiger partial charge in [-0.25, -0.2) is 0 Å². The van der Waals surface area contributed by atoms with Crippen LogP contribution in [0.3, 0.4) is 0 Å². The van der Waals surface area contributed by atoms with Crippen molar-refractivity contribution in [3.05, 3.63) is 22.5 Å². The minimum Gasteiger partial charge on any atom is -0.354 e. The van der Waals surface area contributed by atoms with E-state index in [-0.39, 0.29) is 11.7 Å². The molecule has 1 aromatic rings. The van der Waals surface area contributed by atoms with Crippen LogP contribution in [0.25, 0.3) is 0 Å². The van der Waals surface area contributed by atoms with Crippen molar-refractivity contribution < 1.29 is 9.59 Å². The first kappa shape index (κ1) is 14.8. The minimum absolute atomic E-state index is 0.0822. The van der Waals surface area contributed by atoms with Crippen LogP contribution >= 0.6 is 0 Å². The highest BCUT2D eigenvalue weighted by atomic mass is 16.2. The Labute approximate surface area is 120 Å². The summed E-state index contributed by atoms with van der Waals surface area (Å²) in [5.74, 6) is 0.0863. The fraction of sp³-hybridized carbons (Fsp3) is 0.625. The number of rotatable bonds is 6. The van der Waals surface area contributed by atoms with Gasteiger partial charge in [-0.2, -0.15) is 0 Å².